The van der Waals surface area contributed by atoms with Gasteiger partial charge in [-0.15, -0.1) is 11.8 Å². The zero-order chi connectivity index (χ0) is 13.7. The van der Waals surface area contributed by atoms with Gasteiger partial charge in [-0.1, -0.05) is 0 Å². The molecule has 5 heteroatoms. The highest BCUT2D eigenvalue weighted by Crippen LogP contribution is 2.20. The van der Waals surface area contributed by atoms with Crippen LogP contribution in [-0.4, -0.2) is 18.6 Å². The molecule has 0 aliphatic carbocycles. The van der Waals surface area contributed by atoms with Crippen molar-refractivity contribution in [1.29, 1.82) is 0 Å². The van der Waals surface area contributed by atoms with Crippen LogP contribution < -0.4 is 4.74 Å². The first kappa shape index (κ1) is 13.7. The Hall–Kier alpha value is -1.75. The lowest BCUT2D eigenvalue weighted by molar-refractivity contribution is 0.102. The maximum atomic E-state index is 13.5. The van der Waals surface area contributed by atoms with Gasteiger partial charge >= 0.3 is 0 Å². The molecule has 0 amide bonds. The van der Waals surface area contributed by atoms with E-state index < -0.39 is 5.82 Å². The molecule has 0 fully saturated rings. The molecule has 19 heavy (non-hydrogen) atoms. The van der Waals surface area contributed by atoms with Crippen molar-refractivity contribution in [3.05, 3.63) is 53.7 Å². The van der Waals surface area contributed by atoms with Crippen LogP contribution in [0.3, 0.4) is 0 Å². The number of furan rings is 1. The van der Waals surface area contributed by atoms with Gasteiger partial charge in [0.2, 0.25) is 0 Å². The zero-order valence-electron chi connectivity index (χ0n) is 10.4. The molecule has 0 bridgehead atoms. The number of Topliss-reactive ketones (excluding diaryl/α,β-unsaturated/α-hetero) is 1. The predicted molar refractivity (Wildman–Crippen MR) is 72.2 cm³/mol. The lowest BCUT2D eigenvalue weighted by Crippen LogP contribution is -2.03. The van der Waals surface area contributed by atoms with Crippen LogP contribution >= 0.6 is 11.8 Å². The molecule has 0 unspecified atom stereocenters. The smallest absolute Gasteiger partial charge is 0.172 e. The molecule has 0 N–H and O–H groups in total. The fourth-order valence-electron chi connectivity index (χ4n) is 1.56. The van der Waals surface area contributed by atoms with Crippen molar-refractivity contribution in [3.8, 4) is 5.75 Å². The summed E-state index contributed by atoms with van der Waals surface area (Å²) >= 11 is 1.43. The summed E-state index contributed by atoms with van der Waals surface area (Å²) in [5.74, 6) is 1.23. The normalized spacial score (nSPS) is 10.4. The molecule has 0 radical (unpaired) electrons. The van der Waals surface area contributed by atoms with Gasteiger partial charge in [-0.2, -0.15) is 0 Å². The third-order valence-corrected chi connectivity index (χ3v) is 3.49. The van der Waals surface area contributed by atoms with E-state index in [0.29, 0.717) is 11.3 Å². The number of thioether (sulfide) groups is 1. The summed E-state index contributed by atoms with van der Waals surface area (Å²) in [6.07, 6.45) is 1.59. The lowest BCUT2D eigenvalue weighted by atomic mass is 10.1. The number of carbonyl (C=O) groups excluding carboxylic acids is 1. The molecule has 1 heterocycles. The SMILES string of the molecule is COc1ccc(C(=O)CSCc2ccco2)cc1F. The van der Waals surface area contributed by atoms with E-state index in [-0.39, 0.29) is 17.3 Å². The Balaban J connectivity index is 1.91. The second-order valence-corrected chi connectivity index (χ2v) is 4.83. The van der Waals surface area contributed by atoms with Crippen LogP contribution in [-0.2, 0) is 5.75 Å². The molecule has 0 saturated heterocycles. The van der Waals surface area contributed by atoms with E-state index >= 15 is 0 Å². The molecule has 2 aromatic rings. The number of carbonyl (C=O) groups is 1. The Morgan fingerprint density at radius 3 is 2.89 bits per heavy atom. The van der Waals surface area contributed by atoms with Crippen molar-refractivity contribution in [2.45, 2.75) is 5.75 Å². The van der Waals surface area contributed by atoms with E-state index in [0.717, 1.165) is 5.76 Å². The molecule has 1 aromatic carbocycles. The number of ketones is 1. The van der Waals surface area contributed by atoms with E-state index in [1.807, 2.05) is 6.07 Å². The van der Waals surface area contributed by atoms with Crippen molar-refractivity contribution >= 4 is 17.5 Å². The Bertz CT molecular complexity index is 552. The summed E-state index contributed by atoms with van der Waals surface area (Å²) in [6, 6.07) is 7.88. The summed E-state index contributed by atoms with van der Waals surface area (Å²) in [5, 5.41) is 0. The third kappa shape index (κ3) is 3.61. The molecular weight excluding hydrogens is 267 g/mol. The number of hydrogen-bond acceptors (Lipinski definition) is 4. The van der Waals surface area contributed by atoms with Gasteiger partial charge in [-0.05, 0) is 30.3 Å². The van der Waals surface area contributed by atoms with Crippen LogP contribution in [0.2, 0.25) is 0 Å². The van der Waals surface area contributed by atoms with E-state index in [9.17, 15) is 9.18 Å². The Morgan fingerprint density at radius 2 is 2.26 bits per heavy atom. The number of benzene rings is 1. The summed E-state index contributed by atoms with van der Waals surface area (Å²) in [4.78, 5) is 11.9. The van der Waals surface area contributed by atoms with E-state index in [1.165, 1.54) is 31.0 Å². The van der Waals surface area contributed by atoms with Gasteiger partial charge < -0.3 is 9.15 Å². The number of rotatable bonds is 6. The Labute approximate surface area is 114 Å². The van der Waals surface area contributed by atoms with Gasteiger partial charge in [-0.3, -0.25) is 4.79 Å². The molecule has 0 atom stereocenters. The molecular formula is C14H13FO3S. The fraction of sp³-hybridized carbons (Fsp3) is 0.214. The minimum atomic E-state index is -0.524. The number of ether oxygens (including phenoxy) is 1. The van der Waals surface area contributed by atoms with E-state index in [2.05, 4.69) is 0 Å². The predicted octanol–water partition coefficient (Wildman–Crippen LogP) is 3.54. The number of methoxy groups -OCH3 is 1. The van der Waals surface area contributed by atoms with Gasteiger partial charge in [0, 0.05) is 5.56 Å². The first-order valence-electron chi connectivity index (χ1n) is 5.67. The van der Waals surface area contributed by atoms with Crippen LogP contribution in [0.15, 0.2) is 41.0 Å². The van der Waals surface area contributed by atoms with Crippen molar-refractivity contribution in [1.82, 2.24) is 0 Å². The van der Waals surface area contributed by atoms with Crippen LogP contribution in [0, 0.1) is 5.82 Å². The van der Waals surface area contributed by atoms with Crippen LogP contribution in [0.5, 0.6) is 5.75 Å². The highest BCUT2D eigenvalue weighted by Gasteiger charge is 2.10. The molecule has 0 spiro atoms. The second-order valence-electron chi connectivity index (χ2n) is 3.84. The quantitative estimate of drug-likeness (QED) is 0.759. The van der Waals surface area contributed by atoms with Crippen molar-refractivity contribution in [3.63, 3.8) is 0 Å². The fourth-order valence-corrected chi connectivity index (χ4v) is 2.38. The van der Waals surface area contributed by atoms with Gasteiger partial charge in [0.1, 0.15) is 5.76 Å². The summed E-state index contributed by atoms with van der Waals surface area (Å²) in [6.45, 7) is 0. The van der Waals surface area contributed by atoms with E-state index in [4.69, 9.17) is 9.15 Å². The van der Waals surface area contributed by atoms with Gasteiger partial charge in [0.25, 0.3) is 0 Å². The molecule has 0 aliphatic rings. The maximum Gasteiger partial charge on any atom is 0.172 e. The minimum Gasteiger partial charge on any atom is -0.494 e. The van der Waals surface area contributed by atoms with Gasteiger partial charge in [0.15, 0.2) is 17.3 Å². The van der Waals surface area contributed by atoms with E-state index in [1.54, 1.807) is 18.4 Å². The van der Waals surface area contributed by atoms with Crippen molar-refractivity contribution < 1.29 is 18.3 Å². The second kappa shape index (κ2) is 6.43. The maximum absolute atomic E-state index is 13.5. The third-order valence-electron chi connectivity index (χ3n) is 2.53. The molecule has 1 aromatic heterocycles. The molecule has 0 saturated carbocycles. The molecule has 0 aliphatic heterocycles. The largest absolute Gasteiger partial charge is 0.494 e. The lowest BCUT2D eigenvalue weighted by Gasteiger charge is -2.04. The number of halogens is 1. The molecule has 2 rings (SSSR count). The summed E-state index contributed by atoms with van der Waals surface area (Å²) in [5.41, 5.74) is 0.352. The zero-order valence-corrected chi connectivity index (χ0v) is 11.2. The average molecular weight is 280 g/mol. The highest BCUT2D eigenvalue weighted by molar-refractivity contribution is 7.99. The van der Waals surface area contributed by atoms with Crippen LogP contribution in [0.4, 0.5) is 4.39 Å². The van der Waals surface area contributed by atoms with Gasteiger partial charge in [-0.25, -0.2) is 4.39 Å². The Morgan fingerprint density at radius 1 is 1.42 bits per heavy atom. The average Bonchev–Trinajstić information content (AvgIpc) is 2.91. The van der Waals surface area contributed by atoms with Crippen LogP contribution in [0.25, 0.3) is 0 Å². The monoisotopic (exact) mass is 280 g/mol. The topological polar surface area (TPSA) is 39.4 Å². The van der Waals surface area contributed by atoms with Crippen molar-refractivity contribution in [2.75, 3.05) is 12.9 Å². The Kier molecular flexibility index (Phi) is 4.63. The van der Waals surface area contributed by atoms with Crippen molar-refractivity contribution in [2.24, 2.45) is 0 Å². The van der Waals surface area contributed by atoms with Crippen LogP contribution in [0.1, 0.15) is 16.1 Å². The molecule has 100 valence electrons. The first-order valence-corrected chi connectivity index (χ1v) is 6.83. The standard InChI is InChI=1S/C14H13FO3S/c1-17-14-5-4-10(7-12(14)15)13(16)9-19-8-11-3-2-6-18-11/h2-7H,8-9H2,1H3. The van der Waals surface area contributed by atoms with Gasteiger partial charge in [0.05, 0.1) is 24.9 Å². The summed E-state index contributed by atoms with van der Waals surface area (Å²) < 4.78 is 23.4. The number of hydrogen-bond donors (Lipinski definition) is 0. The minimum absolute atomic E-state index is 0.113. The first-order chi connectivity index (χ1) is 9.20. The highest BCUT2D eigenvalue weighted by atomic mass is 32.2. The molecule has 3 nitrogen and oxygen atoms in total. The summed E-state index contributed by atoms with van der Waals surface area (Å²) in [7, 11) is 1.39.